The van der Waals surface area contributed by atoms with Crippen LogP contribution in [0, 0.1) is 11.3 Å². The number of nitriles is 1. The van der Waals surface area contributed by atoms with Gasteiger partial charge in [0.25, 0.3) is 5.56 Å². The molecule has 0 bridgehead atoms. The lowest BCUT2D eigenvalue weighted by Gasteiger charge is -2.04. The van der Waals surface area contributed by atoms with Crippen LogP contribution in [0.5, 0.6) is 0 Å². The summed E-state index contributed by atoms with van der Waals surface area (Å²) >= 11 is 5.69. The Balaban J connectivity index is 2.68. The van der Waals surface area contributed by atoms with Crippen LogP contribution in [0.25, 0.3) is 5.69 Å². The van der Waals surface area contributed by atoms with Crippen molar-refractivity contribution < 1.29 is 0 Å². The number of hydrogen-bond acceptors (Lipinski definition) is 3. The molecule has 1 aromatic heterocycles. The summed E-state index contributed by atoms with van der Waals surface area (Å²) in [5.41, 5.74) is 0.265. The van der Waals surface area contributed by atoms with E-state index in [0.717, 1.165) is 4.68 Å². The molecule has 2 aromatic rings. The minimum atomic E-state index is -0.366. The van der Waals surface area contributed by atoms with Crippen molar-refractivity contribution >= 4 is 11.6 Å². The number of aromatic nitrogens is 2. The molecule has 0 spiro atoms. The Hall–Kier alpha value is -2.12. The Labute approximate surface area is 96.3 Å². The molecule has 0 saturated carbocycles. The number of nitrogens with zero attached hydrogens (tertiary/aromatic N) is 3. The van der Waals surface area contributed by atoms with Crippen molar-refractivity contribution in [3.8, 4) is 11.8 Å². The summed E-state index contributed by atoms with van der Waals surface area (Å²) in [6.07, 6.45) is 0. The van der Waals surface area contributed by atoms with Gasteiger partial charge in [-0.3, -0.25) is 4.79 Å². The lowest BCUT2D eigenvalue weighted by molar-refractivity contribution is 0.798. The van der Waals surface area contributed by atoms with E-state index in [2.05, 4.69) is 5.10 Å². The molecular formula is C11H6ClN3O. The maximum Gasteiger partial charge on any atom is 0.273 e. The molecule has 0 atom stereocenters. The van der Waals surface area contributed by atoms with Crippen LogP contribution in [-0.2, 0) is 0 Å². The zero-order valence-corrected chi connectivity index (χ0v) is 8.85. The van der Waals surface area contributed by atoms with Gasteiger partial charge in [-0.25, -0.2) is 0 Å². The number of hydrogen-bond donors (Lipinski definition) is 0. The van der Waals surface area contributed by atoms with Crippen LogP contribution in [0.2, 0.25) is 5.02 Å². The molecule has 1 heterocycles. The van der Waals surface area contributed by atoms with Crippen LogP contribution in [0.1, 0.15) is 5.69 Å². The monoisotopic (exact) mass is 231 g/mol. The molecule has 0 N–H and O–H groups in total. The number of benzene rings is 1. The summed E-state index contributed by atoms with van der Waals surface area (Å²) in [5.74, 6) is 0. The zero-order chi connectivity index (χ0) is 11.5. The molecule has 2 rings (SSSR count). The summed E-state index contributed by atoms with van der Waals surface area (Å²) in [6, 6.07) is 11.9. The summed E-state index contributed by atoms with van der Waals surface area (Å²) in [4.78, 5) is 11.6. The molecule has 0 aliphatic carbocycles. The Morgan fingerprint density at radius 3 is 2.62 bits per heavy atom. The molecule has 5 heteroatoms. The standard InChI is InChI=1S/C11H6ClN3O/c12-9-6-11(16)15(14-10(9)7-13)8-4-2-1-3-5-8/h1-6H. The van der Waals surface area contributed by atoms with Crippen molar-refractivity contribution in [3.05, 3.63) is 57.5 Å². The van der Waals surface area contributed by atoms with Crippen LogP contribution in [0.4, 0.5) is 0 Å². The van der Waals surface area contributed by atoms with Gasteiger partial charge in [-0.05, 0) is 12.1 Å². The van der Waals surface area contributed by atoms with Gasteiger partial charge in [0.2, 0.25) is 0 Å². The third-order valence-electron chi connectivity index (χ3n) is 1.99. The van der Waals surface area contributed by atoms with E-state index in [1.165, 1.54) is 6.07 Å². The SMILES string of the molecule is N#Cc1nn(-c2ccccc2)c(=O)cc1Cl. The van der Waals surface area contributed by atoms with Gasteiger partial charge in [0.05, 0.1) is 10.7 Å². The van der Waals surface area contributed by atoms with E-state index in [9.17, 15) is 4.79 Å². The highest BCUT2D eigenvalue weighted by Crippen LogP contribution is 2.10. The molecule has 4 nitrogen and oxygen atoms in total. The van der Waals surface area contributed by atoms with E-state index in [1.807, 2.05) is 12.1 Å². The average Bonchev–Trinajstić information content (AvgIpc) is 2.30. The zero-order valence-electron chi connectivity index (χ0n) is 8.09. The highest BCUT2D eigenvalue weighted by molar-refractivity contribution is 6.31. The predicted octanol–water partition coefficient (Wildman–Crippen LogP) is 1.76. The largest absolute Gasteiger partial charge is 0.273 e. The fraction of sp³-hybridized carbons (Fsp3) is 0. The first kappa shape index (κ1) is 10.4. The minimum absolute atomic E-state index is 0.0325. The second-order valence-electron chi connectivity index (χ2n) is 3.04. The van der Waals surface area contributed by atoms with E-state index in [-0.39, 0.29) is 16.3 Å². The van der Waals surface area contributed by atoms with Gasteiger partial charge < -0.3 is 0 Å². The quantitative estimate of drug-likeness (QED) is 0.751. The predicted molar refractivity (Wildman–Crippen MR) is 59.6 cm³/mol. The van der Waals surface area contributed by atoms with Gasteiger partial charge in [-0.2, -0.15) is 15.0 Å². The van der Waals surface area contributed by atoms with Crippen molar-refractivity contribution in [1.29, 1.82) is 5.26 Å². The molecule has 78 valence electrons. The van der Waals surface area contributed by atoms with E-state index in [0.29, 0.717) is 5.69 Å². The Bertz CT molecular complexity index is 613. The molecule has 0 saturated heterocycles. The highest BCUT2D eigenvalue weighted by atomic mass is 35.5. The lowest BCUT2D eigenvalue weighted by Crippen LogP contribution is -2.21. The molecule has 0 radical (unpaired) electrons. The summed E-state index contributed by atoms with van der Waals surface area (Å²) < 4.78 is 1.14. The first-order valence-corrected chi connectivity index (χ1v) is 4.85. The van der Waals surface area contributed by atoms with Crippen molar-refractivity contribution in [1.82, 2.24) is 9.78 Å². The van der Waals surface area contributed by atoms with E-state index in [4.69, 9.17) is 16.9 Å². The van der Waals surface area contributed by atoms with E-state index in [1.54, 1.807) is 24.3 Å². The van der Waals surface area contributed by atoms with Gasteiger partial charge in [0, 0.05) is 6.07 Å². The Kier molecular flexibility index (Phi) is 2.71. The average molecular weight is 232 g/mol. The normalized spacial score (nSPS) is 9.75. The first-order valence-electron chi connectivity index (χ1n) is 4.48. The molecule has 0 fully saturated rings. The fourth-order valence-electron chi connectivity index (χ4n) is 1.26. The van der Waals surface area contributed by atoms with Crippen LogP contribution in [0.15, 0.2) is 41.2 Å². The Morgan fingerprint density at radius 2 is 2.00 bits per heavy atom. The van der Waals surface area contributed by atoms with Crippen molar-refractivity contribution in [2.75, 3.05) is 0 Å². The molecule has 0 aliphatic heterocycles. The molecule has 16 heavy (non-hydrogen) atoms. The lowest BCUT2D eigenvalue weighted by atomic mass is 10.3. The molecule has 0 unspecified atom stereocenters. The van der Waals surface area contributed by atoms with Crippen molar-refractivity contribution in [2.24, 2.45) is 0 Å². The summed E-state index contributed by atoms with van der Waals surface area (Å²) in [6.45, 7) is 0. The fourth-order valence-corrected chi connectivity index (χ4v) is 1.44. The topological polar surface area (TPSA) is 58.7 Å². The Morgan fingerprint density at radius 1 is 1.31 bits per heavy atom. The van der Waals surface area contributed by atoms with Crippen LogP contribution in [0.3, 0.4) is 0 Å². The first-order chi connectivity index (χ1) is 7.72. The van der Waals surface area contributed by atoms with Crippen LogP contribution < -0.4 is 5.56 Å². The number of halogens is 1. The second kappa shape index (κ2) is 4.17. The van der Waals surface area contributed by atoms with Crippen LogP contribution in [-0.4, -0.2) is 9.78 Å². The minimum Gasteiger partial charge on any atom is -0.267 e. The van der Waals surface area contributed by atoms with Gasteiger partial charge in [-0.15, -0.1) is 0 Å². The maximum atomic E-state index is 11.6. The van der Waals surface area contributed by atoms with Crippen molar-refractivity contribution in [3.63, 3.8) is 0 Å². The molecule has 0 aliphatic rings. The summed E-state index contributed by atoms with van der Waals surface area (Å²) in [5, 5.41) is 12.7. The van der Waals surface area contributed by atoms with Crippen LogP contribution >= 0.6 is 11.6 Å². The number of para-hydroxylation sites is 1. The molecule has 0 amide bonds. The maximum absolute atomic E-state index is 11.6. The molecular weight excluding hydrogens is 226 g/mol. The number of rotatable bonds is 1. The highest BCUT2D eigenvalue weighted by Gasteiger charge is 2.07. The van der Waals surface area contributed by atoms with E-state index < -0.39 is 0 Å². The van der Waals surface area contributed by atoms with E-state index >= 15 is 0 Å². The smallest absolute Gasteiger partial charge is 0.267 e. The van der Waals surface area contributed by atoms with Gasteiger partial charge in [0.15, 0.2) is 5.69 Å². The third kappa shape index (κ3) is 1.81. The molecule has 1 aromatic carbocycles. The van der Waals surface area contributed by atoms with Gasteiger partial charge >= 0.3 is 0 Å². The van der Waals surface area contributed by atoms with Gasteiger partial charge in [0.1, 0.15) is 6.07 Å². The third-order valence-corrected chi connectivity index (χ3v) is 2.28. The van der Waals surface area contributed by atoms with Gasteiger partial charge in [-0.1, -0.05) is 29.8 Å². The second-order valence-corrected chi connectivity index (χ2v) is 3.45. The summed E-state index contributed by atoms with van der Waals surface area (Å²) in [7, 11) is 0. The van der Waals surface area contributed by atoms with Crippen molar-refractivity contribution in [2.45, 2.75) is 0 Å².